The Bertz CT molecular complexity index is 202. The van der Waals surface area contributed by atoms with Crippen LogP contribution < -0.4 is 0 Å². The lowest BCUT2D eigenvalue weighted by molar-refractivity contribution is -0.131. The molecule has 0 saturated carbocycles. The van der Waals surface area contributed by atoms with Crippen LogP contribution in [0.1, 0.15) is 47.5 Å². The van der Waals surface area contributed by atoms with E-state index < -0.39 is 16.4 Å². The van der Waals surface area contributed by atoms with E-state index in [0.29, 0.717) is 12.8 Å². The molecule has 0 radical (unpaired) electrons. The van der Waals surface area contributed by atoms with Crippen molar-refractivity contribution in [2.75, 3.05) is 0 Å². The van der Waals surface area contributed by atoms with Crippen molar-refractivity contribution in [3.63, 3.8) is 0 Å². The molecule has 0 aliphatic carbocycles. The number of ketones is 1. The van der Waals surface area contributed by atoms with E-state index in [4.69, 9.17) is 11.6 Å². The van der Waals surface area contributed by atoms with Gasteiger partial charge in [-0.15, -0.1) is 11.6 Å². The van der Waals surface area contributed by atoms with Gasteiger partial charge in [-0.05, 0) is 12.8 Å². The fourth-order valence-corrected chi connectivity index (χ4v) is 1.87. The average molecular weight is 221 g/mol. The van der Waals surface area contributed by atoms with Gasteiger partial charge in [-0.2, -0.15) is 0 Å². The first-order chi connectivity index (χ1) is 6.19. The molecule has 0 aliphatic rings. The Morgan fingerprint density at radius 2 is 1.64 bits per heavy atom. The zero-order valence-electron chi connectivity index (χ0n) is 9.72. The maximum Gasteiger partial charge on any atom is 0.158 e. The lowest BCUT2D eigenvalue weighted by Crippen LogP contribution is -2.46. The molecule has 0 rings (SSSR count). The third-order valence-electron chi connectivity index (χ3n) is 2.67. The lowest BCUT2D eigenvalue weighted by Gasteiger charge is -2.33. The fraction of sp³-hybridized carbons (Fsp3) is 0.909. The summed E-state index contributed by atoms with van der Waals surface area (Å²) in [5, 5.41) is 9.27. The first-order valence-corrected chi connectivity index (χ1v) is 5.53. The molecule has 1 atom stereocenters. The number of carbonyl (C=O) groups is 1. The van der Waals surface area contributed by atoms with Gasteiger partial charge < -0.3 is 5.11 Å². The van der Waals surface area contributed by atoms with E-state index in [1.54, 1.807) is 0 Å². The van der Waals surface area contributed by atoms with Crippen molar-refractivity contribution in [3.8, 4) is 0 Å². The van der Waals surface area contributed by atoms with E-state index >= 15 is 0 Å². The minimum atomic E-state index is -1.06. The molecule has 14 heavy (non-hydrogen) atoms. The standard InChI is InChI=1S/C11H21ClO2/c1-6-11(14,7-2)8(12)9(13)10(3,4)5/h8,14H,6-7H2,1-5H3/t8-/m1/s1. The summed E-state index contributed by atoms with van der Waals surface area (Å²) in [5.74, 6) is -0.0923. The first kappa shape index (κ1) is 13.9. The molecule has 0 aromatic rings. The van der Waals surface area contributed by atoms with E-state index in [0.717, 1.165) is 0 Å². The molecule has 2 nitrogen and oxygen atoms in total. The van der Waals surface area contributed by atoms with Crippen LogP contribution in [0.15, 0.2) is 0 Å². The van der Waals surface area contributed by atoms with Crippen LogP contribution >= 0.6 is 11.6 Å². The second kappa shape index (κ2) is 4.63. The minimum absolute atomic E-state index is 0.0923. The molecule has 84 valence electrons. The smallest absolute Gasteiger partial charge is 0.158 e. The Labute approximate surface area is 91.6 Å². The number of aliphatic hydroxyl groups is 1. The van der Waals surface area contributed by atoms with Crippen LogP contribution in [0.5, 0.6) is 0 Å². The zero-order valence-corrected chi connectivity index (χ0v) is 10.5. The van der Waals surface area contributed by atoms with Gasteiger partial charge in [0.25, 0.3) is 0 Å². The summed E-state index contributed by atoms with van der Waals surface area (Å²) in [4.78, 5) is 11.8. The van der Waals surface area contributed by atoms with Gasteiger partial charge >= 0.3 is 0 Å². The lowest BCUT2D eigenvalue weighted by atomic mass is 9.81. The summed E-state index contributed by atoms with van der Waals surface area (Å²) >= 11 is 6.02. The van der Waals surface area contributed by atoms with Crippen LogP contribution in [0.2, 0.25) is 0 Å². The molecule has 3 heteroatoms. The number of halogens is 1. The maximum absolute atomic E-state index is 11.8. The predicted molar refractivity (Wildman–Crippen MR) is 59.6 cm³/mol. The Hall–Kier alpha value is -0.0800. The second-order valence-corrected chi connectivity index (χ2v) is 5.22. The summed E-state index contributed by atoms with van der Waals surface area (Å²) in [5.41, 5.74) is -1.56. The summed E-state index contributed by atoms with van der Waals surface area (Å²) in [6, 6.07) is 0. The molecule has 0 fully saturated rings. The van der Waals surface area contributed by atoms with Crippen molar-refractivity contribution < 1.29 is 9.90 Å². The van der Waals surface area contributed by atoms with Crippen molar-refractivity contribution in [2.45, 2.75) is 58.4 Å². The summed E-state index contributed by atoms with van der Waals surface area (Å²) in [7, 11) is 0. The Balaban J connectivity index is 4.77. The van der Waals surface area contributed by atoms with Crippen molar-refractivity contribution in [1.29, 1.82) is 0 Å². The van der Waals surface area contributed by atoms with Crippen LogP contribution in [0.25, 0.3) is 0 Å². The van der Waals surface area contributed by atoms with Gasteiger partial charge in [0.1, 0.15) is 5.38 Å². The van der Waals surface area contributed by atoms with Crippen molar-refractivity contribution >= 4 is 17.4 Å². The van der Waals surface area contributed by atoms with Crippen LogP contribution in [-0.2, 0) is 4.79 Å². The largest absolute Gasteiger partial charge is 0.388 e. The Morgan fingerprint density at radius 1 is 1.29 bits per heavy atom. The minimum Gasteiger partial charge on any atom is -0.388 e. The van der Waals surface area contributed by atoms with Gasteiger partial charge in [0.05, 0.1) is 5.60 Å². The number of alkyl halides is 1. The third kappa shape index (κ3) is 2.96. The molecule has 0 amide bonds. The summed E-state index contributed by atoms with van der Waals surface area (Å²) in [6.45, 7) is 9.13. The number of rotatable bonds is 4. The quantitative estimate of drug-likeness (QED) is 0.740. The summed E-state index contributed by atoms with van der Waals surface area (Å²) in [6.07, 6.45) is 0.999. The van der Waals surface area contributed by atoms with Crippen LogP contribution in [0, 0.1) is 5.41 Å². The highest BCUT2D eigenvalue weighted by molar-refractivity contribution is 6.32. The molecule has 0 aromatic carbocycles. The molecular formula is C11H21ClO2. The average Bonchev–Trinajstić information content (AvgIpc) is 2.12. The molecular weight excluding hydrogens is 200 g/mol. The molecule has 0 spiro atoms. The van der Waals surface area contributed by atoms with Gasteiger partial charge in [-0.1, -0.05) is 34.6 Å². The molecule has 0 heterocycles. The van der Waals surface area contributed by atoms with Gasteiger partial charge in [0, 0.05) is 5.41 Å². The molecule has 1 N–H and O–H groups in total. The van der Waals surface area contributed by atoms with Gasteiger partial charge in [0.2, 0.25) is 0 Å². The SMILES string of the molecule is CCC(O)(CC)[C@H](Cl)C(=O)C(C)(C)C. The van der Waals surface area contributed by atoms with E-state index in [9.17, 15) is 9.90 Å². The third-order valence-corrected chi connectivity index (χ3v) is 3.27. The zero-order chi connectivity index (χ0) is 11.6. The molecule has 0 saturated heterocycles. The predicted octanol–water partition coefficient (Wildman–Crippen LogP) is 2.76. The van der Waals surface area contributed by atoms with Gasteiger partial charge in [-0.3, -0.25) is 4.79 Å². The van der Waals surface area contributed by atoms with Crippen molar-refractivity contribution in [2.24, 2.45) is 5.41 Å². The van der Waals surface area contributed by atoms with Crippen molar-refractivity contribution in [1.82, 2.24) is 0 Å². The van der Waals surface area contributed by atoms with Crippen molar-refractivity contribution in [3.05, 3.63) is 0 Å². The summed E-state index contributed by atoms with van der Waals surface area (Å²) < 4.78 is 0. The molecule has 0 unspecified atom stereocenters. The van der Waals surface area contributed by atoms with Crippen LogP contribution in [-0.4, -0.2) is 21.9 Å². The normalized spacial score (nSPS) is 15.4. The number of carbonyl (C=O) groups excluding carboxylic acids is 1. The molecule has 0 bridgehead atoms. The highest BCUT2D eigenvalue weighted by Gasteiger charge is 2.41. The van der Waals surface area contributed by atoms with E-state index in [2.05, 4.69) is 0 Å². The maximum atomic E-state index is 11.8. The second-order valence-electron chi connectivity index (χ2n) is 4.79. The van der Waals surface area contributed by atoms with Gasteiger partial charge in [0.15, 0.2) is 5.78 Å². The highest BCUT2D eigenvalue weighted by Crippen LogP contribution is 2.30. The van der Waals surface area contributed by atoms with Crippen LogP contribution in [0.3, 0.4) is 0 Å². The Morgan fingerprint density at radius 3 is 1.86 bits per heavy atom. The highest BCUT2D eigenvalue weighted by atomic mass is 35.5. The number of Topliss-reactive ketones (excluding diaryl/α,β-unsaturated/α-hetero) is 1. The van der Waals surface area contributed by atoms with E-state index in [-0.39, 0.29) is 5.78 Å². The number of hydrogen-bond donors (Lipinski definition) is 1. The first-order valence-electron chi connectivity index (χ1n) is 5.09. The van der Waals surface area contributed by atoms with E-state index in [1.165, 1.54) is 0 Å². The Kier molecular flexibility index (Phi) is 4.60. The topological polar surface area (TPSA) is 37.3 Å². The number of hydrogen-bond acceptors (Lipinski definition) is 2. The molecule has 0 aliphatic heterocycles. The van der Waals surface area contributed by atoms with Gasteiger partial charge in [-0.25, -0.2) is 0 Å². The fourth-order valence-electron chi connectivity index (χ4n) is 1.23. The van der Waals surface area contributed by atoms with E-state index in [1.807, 2.05) is 34.6 Å². The monoisotopic (exact) mass is 220 g/mol. The molecule has 0 aromatic heterocycles. The van der Waals surface area contributed by atoms with Crippen LogP contribution in [0.4, 0.5) is 0 Å².